The number of hydrogen-bond acceptors (Lipinski definition) is 6. The highest BCUT2D eigenvalue weighted by Crippen LogP contribution is 2.09. The van der Waals surface area contributed by atoms with Gasteiger partial charge < -0.3 is 26.6 Å². The number of primary amides is 1. The molecule has 174 valence electrons. The Morgan fingerprint density at radius 1 is 1.10 bits per heavy atom. The van der Waals surface area contributed by atoms with Gasteiger partial charge in [-0.05, 0) is 38.5 Å². The lowest BCUT2D eigenvalue weighted by atomic mass is 10.0. The van der Waals surface area contributed by atoms with Crippen molar-refractivity contribution in [1.82, 2.24) is 15.5 Å². The van der Waals surface area contributed by atoms with Crippen LogP contribution in [-0.4, -0.2) is 77.6 Å². The number of amides is 2. The van der Waals surface area contributed by atoms with Crippen molar-refractivity contribution >= 4 is 23.8 Å². The summed E-state index contributed by atoms with van der Waals surface area (Å²) in [6.07, 6.45) is 2.49. The van der Waals surface area contributed by atoms with Crippen LogP contribution in [0.1, 0.15) is 32.3 Å². The molecule has 0 aromatic heterocycles. The Bertz CT molecular complexity index is 672. The van der Waals surface area contributed by atoms with Crippen molar-refractivity contribution in [2.45, 2.75) is 45.2 Å². The van der Waals surface area contributed by atoms with Crippen LogP contribution in [0, 0.1) is 0 Å². The molecule has 0 saturated carbocycles. The molecular formula is C21H34N4O6. The molecule has 1 heterocycles. The first kappa shape index (κ1) is 28.0. The maximum absolute atomic E-state index is 12.2. The van der Waals surface area contributed by atoms with Crippen molar-refractivity contribution in [2.24, 2.45) is 5.73 Å². The molecule has 10 heteroatoms. The number of benzene rings is 1. The van der Waals surface area contributed by atoms with Crippen LogP contribution in [0.15, 0.2) is 30.3 Å². The first-order valence-electron chi connectivity index (χ1n) is 9.95. The Morgan fingerprint density at radius 2 is 1.58 bits per heavy atom. The Hall–Kier alpha value is -2.98. The van der Waals surface area contributed by atoms with Crippen molar-refractivity contribution in [3.63, 3.8) is 0 Å². The van der Waals surface area contributed by atoms with Gasteiger partial charge in [0.1, 0.15) is 6.04 Å². The molecule has 0 spiro atoms. The minimum atomic E-state index is -0.833. The van der Waals surface area contributed by atoms with Crippen molar-refractivity contribution in [2.75, 3.05) is 26.7 Å². The minimum absolute atomic E-state index is 0.161. The number of carbonyl (C=O) groups excluding carboxylic acids is 2. The van der Waals surface area contributed by atoms with Crippen LogP contribution in [0.4, 0.5) is 0 Å². The third-order valence-electron chi connectivity index (χ3n) is 4.29. The van der Waals surface area contributed by atoms with Crippen LogP contribution < -0.4 is 16.4 Å². The van der Waals surface area contributed by atoms with Gasteiger partial charge in [-0.3, -0.25) is 24.1 Å². The first-order chi connectivity index (χ1) is 14.5. The quantitative estimate of drug-likeness (QED) is 0.399. The third kappa shape index (κ3) is 15.5. The summed E-state index contributed by atoms with van der Waals surface area (Å²) in [5.74, 6) is -2.34. The summed E-state index contributed by atoms with van der Waals surface area (Å²) >= 11 is 0. The monoisotopic (exact) mass is 438 g/mol. The number of carboxylic acids is 2. The van der Waals surface area contributed by atoms with E-state index in [0.29, 0.717) is 12.5 Å². The Balaban J connectivity index is 0.000000967. The molecule has 1 saturated heterocycles. The average molecular weight is 439 g/mol. The number of nitrogens with zero attached hydrogens (tertiary/aromatic N) is 1. The molecule has 0 bridgehead atoms. The van der Waals surface area contributed by atoms with Crippen LogP contribution in [0.3, 0.4) is 0 Å². The second-order valence-corrected chi connectivity index (χ2v) is 7.15. The fraction of sp³-hybridized carbons (Fsp3) is 0.524. The maximum Gasteiger partial charge on any atom is 0.300 e. The van der Waals surface area contributed by atoms with E-state index in [4.69, 9.17) is 25.5 Å². The predicted molar refractivity (Wildman–Crippen MR) is 116 cm³/mol. The SMILES string of the molecule is CC(=O)O.CC(=O)O.CN(CC(=O)N[C@@H](Cc1ccccc1)C(N)=O)C1CCNCC1. The molecule has 10 nitrogen and oxygen atoms in total. The van der Waals surface area contributed by atoms with Gasteiger partial charge in [-0.15, -0.1) is 0 Å². The highest BCUT2D eigenvalue weighted by atomic mass is 16.4. The second kappa shape index (κ2) is 15.8. The minimum Gasteiger partial charge on any atom is -0.481 e. The van der Waals surface area contributed by atoms with E-state index in [9.17, 15) is 9.59 Å². The Kier molecular flexibility index (Phi) is 14.3. The first-order valence-corrected chi connectivity index (χ1v) is 9.95. The average Bonchev–Trinajstić information content (AvgIpc) is 2.68. The van der Waals surface area contributed by atoms with Gasteiger partial charge in [0.25, 0.3) is 11.9 Å². The van der Waals surface area contributed by atoms with Gasteiger partial charge >= 0.3 is 0 Å². The molecule has 0 unspecified atom stereocenters. The molecular weight excluding hydrogens is 404 g/mol. The molecule has 31 heavy (non-hydrogen) atoms. The lowest BCUT2D eigenvalue weighted by molar-refractivity contribution is -0.135. The number of piperidine rings is 1. The molecule has 1 aromatic rings. The summed E-state index contributed by atoms with van der Waals surface area (Å²) < 4.78 is 0. The van der Waals surface area contributed by atoms with Crippen LogP contribution >= 0.6 is 0 Å². The molecule has 0 radical (unpaired) electrons. The molecule has 1 atom stereocenters. The summed E-state index contributed by atoms with van der Waals surface area (Å²) in [5, 5.41) is 20.9. The highest BCUT2D eigenvalue weighted by molar-refractivity contribution is 5.87. The van der Waals surface area contributed by atoms with Crippen molar-refractivity contribution in [3.8, 4) is 0 Å². The van der Waals surface area contributed by atoms with Crippen molar-refractivity contribution in [1.29, 1.82) is 0 Å². The molecule has 1 fully saturated rings. The fourth-order valence-corrected chi connectivity index (χ4v) is 2.92. The maximum atomic E-state index is 12.2. The van der Waals surface area contributed by atoms with Gasteiger partial charge in [0.05, 0.1) is 6.54 Å². The number of carbonyl (C=O) groups is 4. The number of hydrogen-bond donors (Lipinski definition) is 5. The van der Waals surface area contributed by atoms with E-state index in [0.717, 1.165) is 45.3 Å². The Labute approximate surface area is 182 Å². The van der Waals surface area contributed by atoms with Crippen LogP contribution in [0.2, 0.25) is 0 Å². The zero-order valence-electron chi connectivity index (χ0n) is 18.3. The zero-order valence-corrected chi connectivity index (χ0v) is 18.3. The molecule has 1 aliphatic rings. The summed E-state index contributed by atoms with van der Waals surface area (Å²) in [7, 11) is 1.95. The third-order valence-corrected chi connectivity index (χ3v) is 4.29. The van der Waals surface area contributed by atoms with Gasteiger partial charge in [0.2, 0.25) is 11.8 Å². The summed E-state index contributed by atoms with van der Waals surface area (Å²) in [4.78, 5) is 43.9. The van der Waals surface area contributed by atoms with Gasteiger partial charge in [-0.2, -0.15) is 0 Å². The number of aliphatic carboxylic acids is 2. The summed E-state index contributed by atoms with van der Waals surface area (Å²) in [5.41, 5.74) is 6.41. The molecule has 2 rings (SSSR count). The van der Waals surface area contributed by atoms with E-state index in [1.807, 2.05) is 37.4 Å². The standard InChI is InChI=1S/C17H26N4O2.2C2H4O2/c1-21(14-7-9-19-10-8-14)12-16(22)20-15(17(18)23)11-13-5-3-2-4-6-13;2*1-2(3)4/h2-6,14-15,19H,7-12H2,1H3,(H2,18,23)(H,20,22);2*1H3,(H,3,4)/t15-;;/m0../s1. The second-order valence-electron chi connectivity index (χ2n) is 7.15. The number of carboxylic acid groups (broad SMARTS) is 2. The van der Waals surface area contributed by atoms with E-state index >= 15 is 0 Å². The van der Waals surface area contributed by atoms with Crippen LogP contribution in [0.25, 0.3) is 0 Å². The molecule has 6 N–H and O–H groups in total. The normalized spacial score (nSPS) is 14.2. The number of nitrogens with two attached hydrogens (primary N) is 1. The largest absolute Gasteiger partial charge is 0.481 e. The van der Waals surface area contributed by atoms with E-state index < -0.39 is 23.9 Å². The van der Waals surface area contributed by atoms with E-state index in [1.165, 1.54) is 0 Å². The lowest BCUT2D eigenvalue weighted by Gasteiger charge is -2.31. The van der Waals surface area contributed by atoms with Gasteiger partial charge in [-0.25, -0.2) is 0 Å². The molecule has 1 aliphatic heterocycles. The van der Waals surface area contributed by atoms with Gasteiger partial charge in [0.15, 0.2) is 0 Å². The topological polar surface area (TPSA) is 162 Å². The predicted octanol–water partition coefficient (Wildman–Crippen LogP) is 0.0648. The van der Waals surface area contributed by atoms with E-state index in [1.54, 1.807) is 0 Å². The van der Waals surface area contributed by atoms with Crippen molar-refractivity contribution < 1.29 is 29.4 Å². The lowest BCUT2D eigenvalue weighted by Crippen LogP contribution is -2.50. The molecule has 0 aliphatic carbocycles. The smallest absolute Gasteiger partial charge is 0.300 e. The van der Waals surface area contributed by atoms with Crippen molar-refractivity contribution in [3.05, 3.63) is 35.9 Å². The zero-order chi connectivity index (χ0) is 23.8. The number of likely N-dealkylation sites (N-methyl/N-ethyl adjacent to an activating group) is 1. The van der Waals surface area contributed by atoms with E-state index in [-0.39, 0.29) is 12.5 Å². The Morgan fingerprint density at radius 3 is 2.03 bits per heavy atom. The fourth-order valence-electron chi connectivity index (χ4n) is 2.92. The van der Waals surface area contributed by atoms with E-state index in [2.05, 4.69) is 15.5 Å². The summed E-state index contributed by atoms with van der Waals surface area (Å²) in [6, 6.07) is 9.29. The van der Waals surface area contributed by atoms with Crippen LogP contribution in [-0.2, 0) is 25.6 Å². The molecule has 2 amide bonds. The number of nitrogens with one attached hydrogen (secondary N) is 2. The molecule has 1 aromatic carbocycles. The van der Waals surface area contributed by atoms with Gasteiger partial charge in [-0.1, -0.05) is 30.3 Å². The highest BCUT2D eigenvalue weighted by Gasteiger charge is 2.22. The van der Waals surface area contributed by atoms with Gasteiger partial charge in [0, 0.05) is 26.3 Å². The number of rotatable bonds is 7. The van der Waals surface area contributed by atoms with Crippen LogP contribution in [0.5, 0.6) is 0 Å². The summed E-state index contributed by atoms with van der Waals surface area (Å²) in [6.45, 7) is 4.41.